The summed E-state index contributed by atoms with van der Waals surface area (Å²) in [6, 6.07) is 13.6. The number of phenols is 1. The van der Waals surface area contributed by atoms with E-state index in [1.54, 1.807) is 48.5 Å². The van der Waals surface area contributed by atoms with E-state index in [4.69, 9.17) is 10.8 Å². The van der Waals surface area contributed by atoms with E-state index in [1.165, 1.54) is 0 Å². The molecule has 3 heteroatoms. The van der Waals surface area contributed by atoms with Gasteiger partial charge in [-0.3, -0.25) is 4.79 Å². The van der Waals surface area contributed by atoms with Gasteiger partial charge in [0, 0.05) is 17.7 Å². The Bertz CT molecular complexity index is 532. The SMILES string of the molecule is Nc1ccccc1C(=O)Cc1ccc(O)cc1. The van der Waals surface area contributed by atoms with Crippen LogP contribution in [0.15, 0.2) is 48.5 Å². The number of ketones is 1. The molecule has 3 N–H and O–H groups in total. The minimum Gasteiger partial charge on any atom is -0.508 e. The molecule has 0 amide bonds. The summed E-state index contributed by atoms with van der Waals surface area (Å²) >= 11 is 0. The lowest BCUT2D eigenvalue weighted by atomic mass is 10.0. The van der Waals surface area contributed by atoms with E-state index >= 15 is 0 Å². The van der Waals surface area contributed by atoms with E-state index < -0.39 is 0 Å². The lowest BCUT2D eigenvalue weighted by Gasteiger charge is -2.04. The fourth-order valence-electron chi connectivity index (χ4n) is 1.65. The van der Waals surface area contributed by atoms with Crippen molar-refractivity contribution in [3.05, 3.63) is 59.7 Å². The number of carbonyl (C=O) groups excluding carboxylic acids is 1. The summed E-state index contributed by atoms with van der Waals surface area (Å²) in [5, 5.41) is 9.15. The van der Waals surface area contributed by atoms with Gasteiger partial charge < -0.3 is 10.8 Å². The van der Waals surface area contributed by atoms with Gasteiger partial charge in [0.15, 0.2) is 5.78 Å². The molecule has 0 unspecified atom stereocenters. The monoisotopic (exact) mass is 227 g/mol. The number of rotatable bonds is 3. The minimum absolute atomic E-state index is 0.0196. The normalized spacial score (nSPS) is 10.1. The molecule has 2 aromatic rings. The summed E-state index contributed by atoms with van der Waals surface area (Å²) in [6.45, 7) is 0. The zero-order chi connectivity index (χ0) is 12.3. The summed E-state index contributed by atoms with van der Waals surface area (Å²) in [6.07, 6.45) is 0.286. The van der Waals surface area contributed by atoms with Gasteiger partial charge in [0.1, 0.15) is 5.75 Å². The number of benzene rings is 2. The molecule has 0 radical (unpaired) electrons. The summed E-state index contributed by atoms with van der Waals surface area (Å²) in [5.74, 6) is 0.175. The number of Topliss-reactive ketones (excluding diaryl/α,β-unsaturated/α-hetero) is 1. The molecule has 0 aliphatic rings. The highest BCUT2D eigenvalue weighted by Gasteiger charge is 2.09. The number of hydrogen-bond donors (Lipinski definition) is 2. The molecule has 2 aromatic carbocycles. The second kappa shape index (κ2) is 4.70. The van der Waals surface area contributed by atoms with Crippen LogP contribution in [-0.4, -0.2) is 10.9 Å². The molecular weight excluding hydrogens is 214 g/mol. The molecule has 0 bridgehead atoms. The van der Waals surface area contributed by atoms with E-state index in [0.29, 0.717) is 11.3 Å². The van der Waals surface area contributed by atoms with Crippen molar-refractivity contribution in [3.63, 3.8) is 0 Å². The van der Waals surface area contributed by atoms with Crippen LogP contribution in [0.4, 0.5) is 5.69 Å². The zero-order valence-electron chi connectivity index (χ0n) is 9.26. The predicted octanol–water partition coefficient (Wildman–Crippen LogP) is 2.40. The Morgan fingerprint density at radius 2 is 1.71 bits per heavy atom. The quantitative estimate of drug-likeness (QED) is 0.625. The van der Waals surface area contributed by atoms with E-state index in [1.807, 2.05) is 0 Å². The predicted molar refractivity (Wildman–Crippen MR) is 67.0 cm³/mol. The van der Waals surface area contributed by atoms with Crippen molar-refractivity contribution in [3.8, 4) is 5.75 Å². The molecule has 2 rings (SSSR count). The third-order valence-electron chi connectivity index (χ3n) is 2.56. The van der Waals surface area contributed by atoms with Crippen molar-refractivity contribution in [1.29, 1.82) is 0 Å². The number of para-hydroxylation sites is 1. The van der Waals surface area contributed by atoms with Gasteiger partial charge in [0.25, 0.3) is 0 Å². The Kier molecular flexibility index (Phi) is 3.10. The van der Waals surface area contributed by atoms with Crippen molar-refractivity contribution in [2.45, 2.75) is 6.42 Å². The highest BCUT2D eigenvalue weighted by atomic mass is 16.3. The summed E-state index contributed by atoms with van der Waals surface area (Å²) in [5.41, 5.74) is 7.63. The van der Waals surface area contributed by atoms with Crippen molar-refractivity contribution in [1.82, 2.24) is 0 Å². The first-order valence-electron chi connectivity index (χ1n) is 5.32. The molecule has 0 aliphatic carbocycles. The Balaban J connectivity index is 2.17. The highest BCUT2D eigenvalue weighted by molar-refractivity contribution is 6.01. The second-order valence-corrected chi connectivity index (χ2v) is 3.85. The number of nitrogen functional groups attached to an aromatic ring is 1. The van der Waals surface area contributed by atoms with Crippen molar-refractivity contribution in [2.75, 3.05) is 5.73 Å². The molecule has 17 heavy (non-hydrogen) atoms. The van der Waals surface area contributed by atoms with Crippen LogP contribution in [0.5, 0.6) is 5.75 Å². The fourth-order valence-corrected chi connectivity index (χ4v) is 1.65. The van der Waals surface area contributed by atoms with Gasteiger partial charge in [-0.05, 0) is 29.8 Å². The van der Waals surface area contributed by atoms with E-state index in [-0.39, 0.29) is 18.0 Å². The van der Waals surface area contributed by atoms with E-state index in [9.17, 15) is 4.79 Å². The molecule has 86 valence electrons. The van der Waals surface area contributed by atoms with Crippen molar-refractivity contribution in [2.24, 2.45) is 0 Å². The number of carbonyl (C=O) groups is 1. The minimum atomic E-state index is -0.0196. The molecular formula is C14H13NO2. The Morgan fingerprint density at radius 3 is 2.35 bits per heavy atom. The highest BCUT2D eigenvalue weighted by Crippen LogP contribution is 2.16. The molecule has 0 aromatic heterocycles. The summed E-state index contributed by atoms with van der Waals surface area (Å²) in [4.78, 5) is 12.0. The fraction of sp³-hybridized carbons (Fsp3) is 0.0714. The molecule has 0 spiro atoms. The first-order chi connectivity index (χ1) is 8.16. The lowest BCUT2D eigenvalue weighted by molar-refractivity contribution is 0.0994. The molecule has 0 heterocycles. The topological polar surface area (TPSA) is 63.3 Å². The Hall–Kier alpha value is -2.29. The largest absolute Gasteiger partial charge is 0.508 e. The van der Waals surface area contributed by atoms with Gasteiger partial charge in [0.2, 0.25) is 0 Å². The standard InChI is InChI=1S/C14H13NO2/c15-13-4-2-1-3-12(13)14(17)9-10-5-7-11(16)8-6-10/h1-8,16H,9,15H2. The average Bonchev–Trinajstić information content (AvgIpc) is 2.32. The Labute approximate surface area is 99.5 Å². The first kappa shape index (κ1) is 11.2. The van der Waals surface area contributed by atoms with Gasteiger partial charge in [-0.1, -0.05) is 24.3 Å². The van der Waals surface area contributed by atoms with Crippen LogP contribution < -0.4 is 5.73 Å². The molecule has 0 saturated heterocycles. The van der Waals surface area contributed by atoms with Crippen LogP contribution in [0.2, 0.25) is 0 Å². The van der Waals surface area contributed by atoms with Gasteiger partial charge in [-0.25, -0.2) is 0 Å². The van der Waals surface area contributed by atoms with Crippen LogP contribution in [0.25, 0.3) is 0 Å². The molecule has 3 nitrogen and oxygen atoms in total. The maximum Gasteiger partial charge on any atom is 0.169 e. The maximum atomic E-state index is 12.0. The molecule has 0 atom stereocenters. The van der Waals surface area contributed by atoms with Crippen LogP contribution >= 0.6 is 0 Å². The molecule has 0 aliphatic heterocycles. The van der Waals surface area contributed by atoms with E-state index in [0.717, 1.165) is 5.56 Å². The van der Waals surface area contributed by atoms with Crippen LogP contribution in [0.3, 0.4) is 0 Å². The number of anilines is 1. The van der Waals surface area contributed by atoms with Gasteiger partial charge in [0.05, 0.1) is 0 Å². The summed E-state index contributed by atoms with van der Waals surface area (Å²) < 4.78 is 0. The number of phenolic OH excluding ortho intramolecular Hbond substituents is 1. The maximum absolute atomic E-state index is 12.0. The number of hydrogen-bond acceptors (Lipinski definition) is 3. The lowest BCUT2D eigenvalue weighted by Crippen LogP contribution is -2.06. The van der Waals surface area contributed by atoms with Crippen LogP contribution in [0, 0.1) is 0 Å². The number of nitrogens with two attached hydrogens (primary N) is 1. The first-order valence-corrected chi connectivity index (χ1v) is 5.32. The van der Waals surface area contributed by atoms with Crippen molar-refractivity contribution >= 4 is 11.5 Å². The van der Waals surface area contributed by atoms with Crippen molar-refractivity contribution < 1.29 is 9.90 Å². The van der Waals surface area contributed by atoms with Crippen LogP contribution in [0.1, 0.15) is 15.9 Å². The third kappa shape index (κ3) is 2.64. The summed E-state index contributed by atoms with van der Waals surface area (Å²) in [7, 11) is 0. The van der Waals surface area contributed by atoms with Gasteiger partial charge in [-0.15, -0.1) is 0 Å². The second-order valence-electron chi connectivity index (χ2n) is 3.85. The Morgan fingerprint density at radius 1 is 1.06 bits per heavy atom. The van der Waals surface area contributed by atoms with E-state index in [2.05, 4.69) is 0 Å². The molecule has 0 fully saturated rings. The zero-order valence-corrected chi connectivity index (χ0v) is 9.26. The van der Waals surface area contributed by atoms with Gasteiger partial charge >= 0.3 is 0 Å². The van der Waals surface area contributed by atoms with Gasteiger partial charge in [-0.2, -0.15) is 0 Å². The van der Waals surface area contributed by atoms with Crippen LogP contribution in [-0.2, 0) is 6.42 Å². The number of aromatic hydroxyl groups is 1. The smallest absolute Gasteiger partial charge is 0.169 e. The average molecular weight is 227 g/mol. The third-order valence-corrected chi connectivity index (χ3v) is 2.56. The molecule has 0 saturated carbocycles.